The van der Waals surface area contributed by atoms with Crippen molar-refractivity contribution in [3.05, 3.63) is 81.8 Å². The number of rotatable bonds is 3. The highest BCUT2D eigenvalue weighted by Gasteiger charge is 2.17. The number of carbonyl (C=O) groups is 1. The highest BCUT2D eigenvalue weighted by molar-refractivity contribution is 5.91. The predicted molar refractivity (Wildman–Crippen MR) is 85.2 cm³/mol. The second-order valence-electron chi connectivity index (χ2n) is 5.01. The Morgan fingerprint density at radius 3 is 2.64 bits per heavy atom. The summed E-state index contributed by atoms with van der Waals surface area (Å²) >= 11 is 0. The van der Waals surface area contributed by atoms with Crippen molar-refractivity contribution in [1.82, 2.24) is 4.98 Å². The van der Waals surface area contributed by atoms with Crippen LogP contribution < -0.4 is 5.56 Å². The molecule has 2 aromatic carbocycles. The summed E-state index contributed by atoms with van der Waals surface area (Å²) in [7, 11) is 1.27. The highest BCUT2D eigenvalue weighted by atomic mass is 16.5. The number of ether oxygens (including phenoxy) is 1. The van der Waals surface area contributed by atoms with E-state index in [1.165, 1.54) is 7.11 Å². The van der Waals surface area contributed by atoms with E-state index in [2.05, 4.69) is 4.98 Å². The third kappa shape index (κ3) is 2.51. The van der Waals surface area contributed by atoms with Gasteiger partial charge in [0.2, 0.25) is 0 Å². The van der Waals surface area contributed by atoms with Crippen molar-refractivity contribution in [2.75, 3.05) is 7.11 Å². The molecule has 4 heteroatoms. The van der Waals surface area contributed by atoms with Crippen molar-refractivity contribution in [3.63, 3.8) is 0 Å². The highest BCUT2D eigenvalue weighted by Crippen LogP contribution is 2.22. The first-order chi connectivity index (χ1) is 10.7. The zero-order chi connectivity index (χ0) is 15.5. The fourth-order valence-electron chi connectivity index (χ4n) is 2.64. The molecule has 0 aliphatic carbocycles. The van der Waals surface area contributed by atoms with Gasteiger partial charge in [-0.25, -0.2) is 4.79 Å². The van der Waals surface area contributed by atoms with E-state index in [-0.39, 0.29) is 5.56 Å². The molecule has 0 radical (unpaired) electrons. The summed E-state index contributed by atoms with van der Waals surface area (Å²) in [5, 5.41) is 2.24. The van der Waals surface area contributed by atoms with Crippen LogP contribution >= 0.6 is 0 Å². The van der Waals surface area contributed by atoms with Gasteiger partial charge in [0, 0.05) is 6.20 Å². The van der Waals surface area contributed by atoms with Gasteiger partial charge in [-0.3, -0.25) is 4.79 Å². The summed E-state index contributed by atoms with van der Waals surface area (Å²) in [5.41, 5.74) is 1.36. The Hall–Kier alpha value is -2.88. The van der Waals surface area contributed by atoms with E-state index < -0.39 is 11.5 Å². The zero-order valence-corrected chi connectivity index (χ0v) is 12.1. The predicted octanol–water partition coefficient (Wildman–Crippen LogP) is 2.91. The first-order valence-corrected chi connectivity index (χ1v) is 6.96. The van der Waals surface area contributed by atoms with E-state index in [0.29, 0.717) is 12.0 Å². The van der Waals surface area contributed by atoms with Crippen molar-refractivity contribution in [2.24, 2.45) is 0 Å². The number of aromatic amines is 1. The summed E-state index contributed by atoms with van der Waals surface area (Å²) in [4.78, 5) is 26.3. The fraction of sp³-hybridized carbons (Fsp3) is 0.111. The van der Waals surface area contributed by atoms with Crippen molar-refractivity contribution in [1.29, 1.82) is 0 Å². The Morgan fingerprint density at radius 1 is 1.05 bits per heavy atom. The van der Waals surface area contributed by atoms with Crippen LogP contribution in [0.15, 0.2) is 59.5 Å². The normalized spacial score (nSPS) is 10.6. The molecule has 110 valence electrons. The Morgan fingerprint density at radius 2 is 1.82 bits per heavy atom. The topological polar surface area (TPSA) is 59.2 Å². The molecule has 0 aliphatic rings. The van der Waals surface area contributed by atoms with E-state index in [1.807, 2.05) is 42.5 Å². The lowest BCUT2D eigenvalue weighted by molar-refractivity contribution is 0.0597. The van der Waals surface area contributed by atoms with Gasteiger partial charge < -0.3 is 9.72 Å². The number of fused-ring (bicyclic) bond motifs is 1. The molecule has 0 atom stereocenters. The average molecular weight is 293 g/mol. The van der Waals surface area contributed by atoms with Gasteiger partial charge in [-0.05, 0) is 34.4 Å². The van der Waals surface area contributed by atoms with Gasteiger partial charge in [0.25, 0.3) is 5.56 Å². The standard InChI is InChI=1S/C18H15NO3/c1-22-18(21)16-14(9-10-19-17(16)20)11-13-7-4-6-12-5-2-3-8-15(12)13/h2-10H,11H2,1H3,(H,19,20). The molecule has 3 aromatic rings. The molecule has 1 aromatic heterocycles. The average Bonchev–Trinajstić information content (AvgIpc) is 2.55. The van der Waals surface area contributed by atoms with Crippen LogP contribution in [0.5, 0.6) is 0 Å². The van der Waals surface area contributed by atoms with Gasteiger partial charge in [0.15, 0.2) is 0 Å². The lowest BCUT2D eigenvalue weighted by Crippen LogP contribution is -2.21. The monoisotopic (exact) mass is 293 g/mol. The molecule has 22 heavy (non-hydrogen) atoms. The first kappa shape index (κ1) is 14.1. The number of H-pyrrole nitrogens is 1. The molecule has 0 aliphatic heterocycles. The summed E-state index contributed by atoms with van der Waals surface area (Å²) in [5.74, 6) is -0.614. The molecule has 4 nitrogen and oxygen atoms in total. The SMILES string of the molecule is COC(=O)c1c(Cc2cccc3ccccc23)cc[nH]c1=O. The van der Waals surface area contributed by atoms with E-state index in [0.717, 1.165) is 16.3 Å². The number of nitrogens with one attached hydrogen (secondary N) is 1. The third-order valence-electron chi connectivity index (χ3n) is 3.70. The molecule has 0 saturated carbocycles. The fourth-order valence-corrected chi connectivity index (χ4v) is 2.64. The molecular weight excluding hydrogens is 278 g/mol. The Balaban J connectivity index is 2.12. The van der Waals surface area contributed by atoms with Crippen LogP contribution in [-0.4, -0.2) is 18.1 Å². The summed E-state index contributed by atoms with van der Waals surface area (Å²) in [6, 6.07) is 15.8. The second kappa shape index (κ2) is 5.85. The molecule has 1 heterocycles. The van der Waals surface area contributed by atoms with Crippen LogP contribution in [-0.2, 0) is 11.2 Å². The zero-order valence-electron chi connectivity index (χ0n) is 12.1. The molecule has 0 spiro atoms. The second-order valence-corrected chi connectivity index (χ2v) is 5.01. The van der Waals surface area contributed by atoms with Crippen molar-refractivity contribution < 1.29 is 9.53 Å². The first-order valence-electron chi connectivity index (χ1n) is 6.96. The minimum atomic E-state index is -0.614. The molecule has 0 saturated heterocycles. The largest absolute Gasteiger partial charge is 0.465 e. The van der Waals surface area contributed by atoms with Crippen LogP contribution in [0.2, 0.25) is 0 Å². The number of hydrogen-bond donors (Lipinski definition) is 1. The summed E-state index contributed by atoms with van der Waals surface area (Å²) in [6.07, 6.45) is 2.05. The van der Waals surface area contributed by atoms with Crippen LogP contribution in [0.4, 0.5) is 0 Å². The number of pyridine rings is 1. The molecule has 0 unspecified atom stereocenters. The molecule has 3 rings (SSSR count). The van der Waals surface area contributed by atoms with Crippen LogP contribution in [0, 0.1) is 0 Å². The van der Waals surface area contributed by atoms with Crippen molar-refractivity contribution in [2.45, 2.75) is 6.42 Å². The Labute approximate surface area is 127 Å². The maximum atomic E-state index is 11.9. The molecule has 1 N–H and O–H groups in total. The van der Waals surface area contributed by atoms with Gasteiger partial charge in [-0.15, -0.1) is 0 Å². The number of carbonyl (C=O) groups excluding carboxylic acids is 1. The third-order valence-corrected chi connectivity index (χ3v) is 3.70. The lowest BCUT2D eigenvalue weighted by Gasteiger charge is -2.09. The van der Waals surface area contributed by atoms with E-state index in [9.17, 15) is 9.59 Å². The van der Waals surface area contributed by atoms with E-state index in [4.69, 9.17) is 4.74 Å². The van der Waals surface area contributed by atoms with Gasteiger partial charge in [-0.2, -0.15) is 0 Å². The van der Waals surface area contributed by atoms with Crippen molar-refractivity contribution in [3.8, 4) is 0 Å². The number of benzene rings is 2. The molecule has 0 amide bonds. The van der Waals surface area contributed by atoms with Gasteiger partial charge >= 0.3 is 5.97 Å². The van der Waals surface area contributed by atoms with Crippen LogP contribution in [0.3, 0.4) is 0 Å². The number of aromatic nitrogens is 1. The lowest BCUT2D eigenvalue weighted by atomic mass is 9.96. The van der Waals surface area contributed by atoms with Crippen molar-refractivity contribution >= 4 is 16.7 Å². The van der Waals surface area contributed by atoms with Gasteiger partial charge in [-0.1, -0.05) is 42.5 Å². The van der Waals surface area contributed by atoms with Crippen LogP contribution in [0.25, 0.3) is 10.8 Å². The number of hydrogen-bond acceptors (Lipinski definition) is 3. The number of esters is 1. The molecular formula is C18H15NO3. The van der Waals surface area contributed by atoms with Crippen LogP contribution in [0.1, 0.15) is 21.5 Å². The van der Waals surface area contributed by atoms with Gasteiger partial charge in [0.05, 0.1) is 7.11 Å². The molecule has 0 bridgehead atoms. The maximum Gasteiger partial charge on any atom is 0.343 e. The Bertz CT molecular complexity index is 891. The minimum Gasteiger partial charge on any atom is -0.465 e. The summed E-state index contributed by atoms with van der Waals surface area (Å²) < 4.78 is 4.72. The number of methoxy groups -OCH3 is 1. The van der Waals surface area contributed by atoms with Gasteiger partial charge in [0.1, 0.15) is 5.56 Å². The summed E-state index contributed by atoms with van der Waals surface area (Å²) in [6.45, 7) is 0. The maximum absolute atomic E-state index is 11.9. The smallest absolute Gasteiger partial charge is 0.343 e. The quantitative estimate of drug-likeness (QED) is 0.755. The van der Waals surface area contributed by atoms with E-state index in [1.54, 1.807) is 12.3 Å². The minimum absolute atomic E-state index is 0.0675. The molecule has 0 fully saturated rings. The Kier molecular flexibility index (Phi) is 3.74. The van der Waals surface area contributed by atoms with E-state index >= 15 is 0 Å².